The third-order valence-corrected chi connectivity index (χ3v) is 4.76. The number of hydrogen-bond donors (Lipinski definition) is 2. The highest BCUT2D eigenvalue weighted by molar-refractivity contribution is 5.12. The van der Waals surface area contributed by atoms with Gasteiger partial charge in [-0.1, -0.05) is 55.4 Å². The summed E-state index contributed by atoms with van der Waals surface area (Å²) in [6, 6.07) is 0. The summed E-state index contributed by atoms with van der Waals surface area (Å²) in [6.45, 7) is 19.6. The van der Waals surface area contributed by atoms with Crippen LogP contribution >= 0.6 is 0 Å². The quantitative estimate of drug-likeness (QED) is 0.728. The van der Waals surface area contributed by atoms with Crippen LogP contribution in [0.5, 0.6) is 0 Å². The van der Waals surface area contributed by atoms with Gasteiger partial charge in [-0.3, -0.25) is 5.01 Å². The van der Waals surface area contributed by atoms with Crippen molar-refractivity contribution in [2.45, 2.75) is 68.2 Å². The van der Waals surface area contributed by atoms with E-state index in [1.165, 1.54) is 18.5 Å². The van der Waals surface area contributed by atoms with Crippen molar-refractivity contribution in [1.82, 2.24) is 16.0 Å². The molecule has 0 aromatic carbocycles. The second-order valence-corrected chi connectivity index (χ2v) is 8.36. The first-order valence-electron chi connectivity index (χ1n) is 8.05. The molecule has 0 aromatic rings. The van der Waals surface area contributed by atoms with Gasteiger partial charge in [0.25, 0.3) is 0 Å². The minimum absolute atomic E-state index is 0.160. The molecule has 1 heterocycles. The summed E-state index contributed by atoms with van der Waals surface area (Å²) >= 11 is 0. The normalized spacial score (nSPS) is 16.9. The van der Waals surface area contributed by atoms with Crippen LogP contribution in [-0.4, -0.2) is 11.6 Å². The van der Waals surface area contributed by atoms with Crippen LogP contribution in [0.25, 0.3) is 0 Å². The van der Waals surface area contributed by atoms with Crippen LogP contribution in [0.2, 0.25) is 0 Å². The van der Waals surface area contributed by atoms with E-state index in [1.54, 1.807) is 0 Å². The van der Waals surface area contributed by atoms with E-state index in [1.807, 2.05) is 0 Å². The van der Waals surface area contributed by atoms with Crippen molar-refractivity contribution in [3.05, 3.63) is 11.9 Å². The lowest BCUT2D eigenvalue weighted by atomic mass is 9.68. The van der Waals surface area contributed by atoms with Crippen LogP contribution in [0.4, 0.5) is 0 Å². The highest BCUT2D eigenvalue weighted by atomic mass is 15.7. The molecule has 3 heteroatoms. The molecular weight excluding hydrogens is 246 g/mol. The number of hydrogen-bond acceptors (Lipinski definition) is 3. The molecule has 0 aromatic heterocycles. The van der Waals surface area contributed by atoms with Gasteiger partial charge in [0, 0.05) is 18.2 Å². The van der Waals surface area contributed by atoms with Gasteiger partial charge in [0.2, 0.25) is 0 Å². The summed E-state index contributed by atoms with van der Waals surface area (Å²) in [6.07, 6.45) is 4.63. The number of nitrogens with one attached hydrogen (secondary N) is 2. The molecule has 1 aliphatic rings. The third kappa shape index (κ3) is 4.69. The zero-order valence-corrected chi connectivity index (χ0v) is 14.8. The Balaban J connectivity index is 2.66. The van der Waals surface area contributed by atoms with Crippen LogP contribution in [0.1, 0.15) is 68.2 Å². The Labute approximate surface area is 126 Å². The molecule has 0 atom stereocenters. The molecule has 0 aliphatic carbocycles. The van der Waals surface area contributed by atoms with Gasteiger partial charge in [-0.2, -0.15) is 0 Å². The van der Waals surface area contributed by atoms with Gasteiger partial charge >= 0.3 is 0 Å². The second-order valence-electron chi connectivity index (χ2n) is 8.36. The largest absolute Gasteiger partial charge is 0.306 e. The maximum absolute atomic E-state index is 3.37. The fourth-order valence-corrected chi connectivity index (χ4v) is 2.65. The predicted octanol–water partition coefficient (Wildman–Crippen LogP) is 4.30. The Morgan fingerprint density at radius 2 is 1.70 bits per heavy atom. The molecule has 1 aliphatic heterocycles. The molecule has 0 spiro atoms. The number of rotatable bonds is 7. The lowest BCUT2D eigenvalue weighted by Crippen LogP contribution is -2.40. The van der Waals surface area contributed by atoms with Crippen LogP contribution in [0, 0.1) is 22.7 Å². The Morgan fingerprint density at radius 1 is 1.10 bits per heavy atom. The summed E-state index contributed by atoms with van der Waals surface area (Å²) in [5.41, 5.74) is 8.45. The average Bonchev–Trinajstić information content (AvgIpc) is 2.73. The number of allylic oxidation sites excluding steroid dienone is 1. The lowest BCUT2D eigenvalue weighted by molar-refractivity contribution is 0.155. The maximum Gasteiger partial charge on any atom is 0.0509 e. The zero-order chi connectivity index (χ0) is 15.6. The molecule has 1 rings (SSSR count). The maximum atomic E-state index is 3.37. The summed E-state index contributed by atoms with van der Waals surface area (Å²) < 4.78 is 0. The van der Waals surface area contributed by atoms with Gasteiger partial charge in [-0.05, 0) is 30.1 Å². The van der Waals surface area contributed by atoms with Crippen molar-refractivity contribution in [3.8, 4) is 0 Å². The standard InChI is InChI=1S/C17H35N3/c1-13(2)9-10-20-11-15(18-19-20)17(7,8)12-16(5,6)14(3)4/h11,13-14,18-19H,9-10,12H2,1-8H3. The molecule has 0 radical (unpaired) electrons. The summed E-state index contributed by atoms with van der Waals surface area (Å²) in [4.78, 5) is 0. The van der Waals surface area contributed by atoms with Gasteiger partial charge in [0.1, 0.15) is 0 Å². The van der Waals surface area contributed by atoms with E-state index in [9.17, 15) is 0 Å². The van der Waals surface area contributed by atoms with Gasteiger partial charge in [0.05, 0.1) is 5.70 Å². The van der Waals surface area contributed by atoms with Crippen molar-refractivity contribution in [3.63, 3.8) is 0 Å². The molecule has 2 N–H and O–H groups in total. The SMILES string of the molecule is CC(C)CCN1C=C(C(C)(C)CC(C)(C)C(C)C)NN1. The van der Waals surface area contributed by atoms with Crippen LogP contribution in [0.15, 0.2) is 11.9 Å². The van der Waals surface area contributed by atoms with Gasteiger partial charge in [0.15, 0.2) is 0 Å². The molecule has 118 valence electrons. The molecule has 0 amide bonds. The van der Waals surface area contributed by atoms with E-state index in [4.69, 9.17) is 0 Å². The second kappa shape index (κ2) is 6.38. The van der Waals surface area contributed by atoms with E-state index in [0.29, 0.717) is 11.3 Å². The lowest BCUT2D eigenvalue weighted by Gasteiger charge is -2.38. The zero-order valence-electron chi connectivity index (χ0n) is 14.8. The number of nitrogens with zero attached hydrogens (tertiary/aromatic N) is 1. The fraction of sp³-hybridized carbons (Fsp3) is 0.882. The van der Waals surface area contributed by atoms with Crippen molar-refractivity contribution in [1.29, 1.82) is 0 Å². The predicted molar refractivity (Wildman–Crippen MR) is 87.5 cm³/mol. The first kappa shape index (κ1) is 17.4. The first-order valence-corrected chi connectivity index (χ1v) is 8.05. The molecule has 20 heavy (non-hydrogen) atoms. The highest BCUT2D eigenvalue weighted by Gasteiger charge is 2.35. The van der Waals surface area contributed by atoms with Crippen molar-refractivity contribution in [2.24, 2.45) is 22.7 Å². The summed E-state index contributed by atoms with van der Waals surface area (Å²) in [7, 11) is 0. The van der Waals surface area contributed by atoms with Crippen molar-refractivity contribution >= 4 is 0 Å². The Kier molecular flexibility index (Phi) is 5.54. The minimum atomic E-state index is 0.160. The molecule has 0 saturated carbocycles. The van der Waals surface area contributed by atoms with E-state index in [-0.39, 0.29) is 5.41 Å². The van der Waals surface area contributed by atoms with E-state index >= 15 is 0 Å². The van der Waals surface area contributed by atoms with Crippen LogP contribution in [0.3, 0.4) is 0 Å². The van der Waals surface area contributed by atoms with Crippen LogP contribution < -0.4 is 11.0 Å². The van der Waals surface area contributed by atoms with Crippen LogP contribution in [-0.2, 0) is 0 Å². The molecule has 3 nitrogen and oxygen atoms in total. The smallest absolute Gasteiger partial charge is 0.0509 e. The third-order valence-electron chi connectivity index (χ3n) is 4.76. The van der Waals surface area contributed by atoms with Gasteiger partial charge in [-0.15, -0.1) is 5.53 Å². The number of hydrazine groups is 2. The minimum Gasteiger partial charge on any atom is -0.306 e. The fourth-order valence-electron chi connectivity index (χ4n) is 2.65. The molecule has 0 bridgehead atoms. The average molecular weight is 281 g/mol. The van der Waals surface area contributed by atoms with Crippen molar-refractivity contribution < 1.29 is 0 Å². The molecular formula is C17H35N3. The van der Waals surface area contributed by atoms with E-state index < -0.39 is 0 Å². The topological polar surface area (TPSA) is 27.3 Å². The Hall–Kier alpha value is -0.700. The molecule has 0 unspecified atom stereocenters. The van der Waals surface area contributed by atoms with E-state index in [0.717, 1.165) is 12.5 Å². The van der Waals surface area contributed by atoms with Gasteiger partial charge < -0.3 is 5.43 Å². The summed E-state index contributed by atoms with van der Waals surface area (Å²) in [5.74, 6) is 1.43. The first-order chi connectivity index (χ1) is 9.04. The van der Waals surface area contributed by atoms with E-state index in [2.05, 4.69) is 77.6 Å². The Bertz CT molecular complexity index is 340. The molecule has 0 fully saturated rings. The monoisotopic (exact) mass is 281 g/mol. The highest BCUT2D eigenvalue weighted by Crippen LogP contribution is 2.42. The van der Waals surface area contributed by atoms with Gasteiger partial charge in [-0.25, -0.2) is 0 Å². The van der Waals surface area contributed by atoms with Crippen molar-refractivity contribution in [2.75, 3.05) is 6.54 Å². The Morgan fingerprint density at radius 3 is 2.20 bits per heavy atom. The molecule has 0 saturated heterocycles. The summed E-state index contributed by atoms with van der Waals surface area (Å²) in [5, 5.41) is 2.18.